The molecule has 10 heteroatoms. The minimum absolute atomic E-state index is 0.0514. The Morgan fingerprint density at radius 1 is 1.05 bits per heavy atom. The number of hydrogen-bond donors (Lipinski definition) is 2. The zero-order valence-corrected chi connectivity index (χ0v) is 22.9. The van der Waals surface area contributed by atoms with E-state index in [1.807, 2.05) is 19.2 Å². The van der Waals surface area contributed by atoms with E-state index in [1.54, 1.807) is 10.8 Å². The Morgan fingerprint density at radius 2 is 1.85 bits per heavy atom. The van der Waals surface area contributed by atoms with Crippen molar-refractivity contribution in [1.82, 2.24) is 34.6 Å². The van der Waals surface area contributed by atoms with E-state index in [1.165, 1.54) is 18.9 Å². The Labute approximate surface area is 228 Å². The van der Waals surface area contributed by atoms with E-state index in [-0.39, 0.29) is 22.9 Å². The van der Waals surface area contributed by atoms with Crippen molar-refractivity contribution in [3.63, 3.8) is 0 Å². The number of carbonyl (C=O) groups is 1. The van der Waals surface area contributed by atoms with Crippen molar-refractivity contribution in [2.45, 2.75) is 64.6 Å². The van der Waals surface area contributed by atoms with Gasteiger partial charge >= 0.3 is 0 Å². The summed E-state index contributed by atoms with van der Waals surface area (Å²) in [7, 11) is 0. The molecule has 39 heavy (non-hydrogen) atoms. The lowest BCUT2D eigenvalue weighted by Gasteiger charge is -2.37. The summed E-state index contributed by atoms with van der Waals surface area (Å²) in [5.74, 6) is 0.829. The number of piperazine rings is 1. The highest BCUT2D eigenvalue weighted by atomic mass is 16.1. The highest BCUT2D eigenvalue weighted by Gasteiger charge is 2.27. The van der Waals surface area contributed by atoms with Crippen LogP contribution in [0, 0.1) is 6.92 Å². The van der Waals surface area contributed by atoms with Gasteiger partial charge in [-0.05, 0) is 56.8 Å². The quantitative estimate of drug-likeness (QED) is 0.446. The Balaban J connectivity index is 1.17. The van der Waals surface area contributed by atoms with Crippen LogP contribution in [0.25, 0.3) is 11.0 Å². The van der Waals surface area contributed by atoms with Crippen LogP contribution in [0.2, 0.25) is 0 Å². The van der Waals surface area contributed by atoms with Crippen LogP contribution >= 0.6 is 0 Å². The molecule has 1 saturated carbocycles. The SMILES string of the molecule is CC(=O)c1c(C)c2cnc(Nc3ccc(CN4CCN(C5CCNC5)CC4)cn3)nc2n(C2CCCC2)c1=O. The lowest BCUT2D eigenvalue weighted by atomic mass is 10.0. The molecule has 3 fully saturated rings. The minimum atomic E-state index is -0.243. The van der Waals surface area contributed by atoms with Crippen molar-refractivity contribution in [3.05, 3.63) is 51.6 Å². The van der Waals surface area contributed by atoms with Gasteiger partial charge in [0.2, 0.25) is 5.95 Å². The fraction of sp³-hybridized carbons (Fsp3) is 0.552. The number of ketones is 1. The van der Waals surface area contributed by atoms with Crippen LogP contribution in [-0.2, 0) is 6.54 Å². The summed E-state index contributed by atoms with van der Waals surface area (Å²) in [5, 5.41) is 7.43. The Hall–Kier alpha value is -3.21. The molecule has 3 aromatic heterocycles. The van der Waals surface area contributed by atoms with Crippen molar-refractivity contribution < 1.29 is 4.79 Å². The molecule has 5 heterocycles. The van der Waals surface area contributed by atoms with Gasteiger partial charge in [0.15, 0.2) is 5.78 Å². The zero-order chi connectivity index (χ0) is 26.9. The molecule has 206 valence electrons. The first kappa shape index (κ1) is 26.0. The summed E-state index contributed by atoms with van der Waals surface area (Å²) in [6.45, 7) is 10.8. The lowest BCUT2D eigenvalue weighted by Crippen LogP contribution is -2.50. The number of fused-ring (bicyclic) bond motifs is 1. The van der Waals surface area contributed by atoms with Crippen LogP contribution in [0.5, 0.6) is 0 Å². The van der Waals surface area contributed by atoms with Crippen molar-refractivity contribution in [2.75, 3.05) is 44.6 Å². The van der Waals surface area contributed by atoms with Gasteiger partial charge < -0.3 is 10.6 Å². The molecule has 0 bridgehead atoms. The standard InChI is InChI=1S/C29H38N8O2/c1-19-24-17-32-29(34-27(24)37(22-5-3-4-6-22)28(39)26(19)20(2)38)33-25-8-7-21(15-31-25)18-35-11-13-36(14-12-35)23-9-10-30-16-23/h7-8,15,17,22-23,30H,3-6,9-14,16,18H2,1-2H3,(H,31,32,33,34). The third-order valence-corrected chi connectivity index (χ3v) is 8.68. The first-order chi connectivity index (χ1) is 19.0. The summed E-state index contributed by atoms with van der Waals surface area (Å²) in [6.07, 6.45) is 8.86. The first-order valence-electron chi connectivity index (χ1n) is 14.3. The molecule has 2 saturated heterocycles. The number of aromatic nitrogens is 4. The summed E-state index contributed by atoms with van der Waals surface area (Å²) in [6, 6.07) is 4.80. The Morgan fingerprint density at radius 3 is 2.51 bits per heavy atom. The van der Waals surface area contributed by atoms with E-state index in [9.17, 15) is 9.59 Å². The van der Waals surface area contributed by atoms with Gasteiger partial charge in [-0.1, -0.05) is 18.9 Å². The van der Waals surface area contributed by atoms with Crippen LogP contribution in [0.3, 0.4) is 0 Å². The number of pyridine rings is 2. The number of Topliss-reactive ketones (excluding diaryl/α,β-unsaturated/α-hetero) is 1. The molecule has 0 aromatic carbocycles. The van der Waals surface area contributed by atoms with Gasteiger partial charge in [-0.3, -0.25) is 24.0 Å². The molecule has 3 aliphatic rings. The monoisotopic (exact) mass is 530 g/mol. The molecule has 1 atom stereocenters. The van der Waals surface area contributed by atoms with E-state index < -0.39 is 0 Å². The lowest BCUT2D eigenvalue weighted by molar-refractivity contribution is 0.0981. The number of nitrogens with one attached hydrogen (secondary N) is 2. The predicted molar refractivity (Wildman–Crippen MR) is 152 cm³/mol. The number of hydrogen-bond acceptors (Lipinski definition) is 9. The van der Waals surface area contributed by atoms with Crippen molar-refractivity contribution in [2.24, 2.45) is 0 Å². The van der Waals surface area contributed by atoms with Gasteiger partial charge in [0, 0.05) is 69.1 Å². The summed E-state index contributed by atoms with van der Waals surface area (Å²) >= 11 is 0. The van der Waals surface area contributed by atoms with Crippen LogP contribution < -0.4 is 16.2 Å². The maximum absolute atomic E-state index is 13.4. The normalized spacial score (nSPS) is 21.1. The van der Waals surface area contributed by atoms with Gasteiger partial charge in [0.25, 0.3) is 5.56 Å². The first-order valence-corrected chi connectivity index (χ1v) is 14.3. The van der Waals surface area contributed by atoms with E-state index in [4.69, 9.17) is 4.98 Å². The molecule has 6 rings (SSSR count). The number of anilines is 2. The molecule has 0 radical (unpaired) electrons. The van der Waals surface area contributed by atoms with Crippen LogP contribution in [0.4, 0.5) is 11.8 Å². The van der Waals surface area contributed by atoms with Gasteiger partial charge in [-0.2, -0.15) is 4.98 Å². The van der Waals surface area contributed by atoms with Gasteiger partial charge in [-0.15, -0.1) is 0 Å². The Bertz CT molecular complexity index is 1400. The number of carbonyl (C=O) groups excluding carboxylic acids is 1. The highest BCUT2D eigenvalue weighted by molar-refractivity contribution is 5.99. The minimum Gasteiger partial charge on any atom is -0.315 e. The van der Waals surface area contributed by atoms with Crippen molar-refractivity contribution in [3.8, 4) is 0 Å². The van der Waals surface area contributed by atoms with Crippen LogP contribution in [0.15, 0.2) is 29.3 Å². The van der Waals surface area contributed by atoms with Crippen molar-refractivity contribution in [1.29, 1.82) is 0 Å². The molecule has 10 nitrogen and oxygen atoms in total. The largest absolute Gasteiger partial charge is 0.315 e. The molecule has 0 spiro atoms. The zero-order valence-electron chi connectivity index (χ0n) is 22.9. The number of aryl methyl sites for hydroxylation is 1. The Kier molecular flexibility index (Phi) is 7.42. The third kappa shape index (κ3) is 5.33. The van der Waals surface area contributed by atoms with E-state index >= 15 is 0 Å². The van der Waals surface area contributed by atoms with Crippen LogP contribution in [0.1, 0.15) is 66.6 Å². The molecule has 3 aromatic rings. The molecular formula is C29H38N8O2. The molecule has 2 aliphatic heterocycles. The predicted octanol–water partition coefficient (Wildman–Crippen LogP) is 3.04. The second-order valence-corrected chi connectivity index (χ2v) is 11.2. The molecule has 1 unspecified atom stereocenters. The van der Waals surface area contributed by atoms with Crippen molar-refractivity contribution >= 4 is 28.6 Å². The third-order valence-electron chi connectivity index (χ3n) is 8.68. The maximum Gasteiger partial charge on any atom is 0.263 e. The van der Waals surface area contributed by atoms with E-state index in [0.717, 1.165) is 76.9 Å². The molecule has 2 N–H and O–H groups in total. The van der Waals surface area contributed by atoms with Gasteiger partial charge in [0.05, 0.1) is 5.56 Å². The smallest absolute Gasteiger partial charge is 0.263 e. The van der Waals surface area contributed by atoms with E-state index in [2.05, 4.69) is 36.5 Å². The second kappa shape index (κ2) is 11.1. The van der Waals surface area contributed by atoms with Crippen LogP contribution in [-0.4, -0.2) is 80.4 Å². The van der Waals surface area contributed by atoms with Gasteiger partial charge in [0.1, 0.15) is 11.5 Å². The maximum atomic E-state index is 13.4. The number of nitrogens with zero attached hydrogens (tertiary/aromatic N) is 6. The molecule has 0 amide bonds. The molecule has 1 aliphatic carbocycles. The summed E-state index contributed by atoms with van der Waals surface area (Å²) in [5.41, 5.74) is 2.40. The fourth-order valence-electron chi connectivity index (χ4n) is 6.51. The summed E-state index contributed by atoms with van der Waals surface area (Å²) in [4.78, 5) is 44.8. The highest BCUT2D eigenvalue weighted by Crippen LogP contribution is 2.32. The van der Waals surface area contributed by atoms with E-state index in [0.29, 0.717) is 29.0 Å². The number of rotatable bonds is 7. The topological polar surface area (TPSA) is 108 Å². The second-order valence-electron chi connectivity index (χ2n) is 11.2. The average molecular weight is 531 g/mol. The average Bonchev–Trinajstić information content (AvgIpc) is 3.65. The fourth-order valence-corrected chi connectivity index (χ4v) is 6.51. The molecular weight excluding hydrogens is 492 g/mol. The summed E-state index contributed by atoms with van der Waals surface area (Å²) < 4.78 is 1.73. The van der Waals surface area contributed by atoms with Gasteiger partial charge in [-0.25, -0.2) is 9.97 Å².